The van der Waals surface area contributed by atoms with Gasteiger partial charge in [-0.1, -0.05) is 48.9 Å². The Labute approximate surface area is 186 Å². The highest BCUT2D eigenvalue weighted by atomic mass is 32.2. The SMILES string of the molecule is CS(=O)Nc1ccc2c(c1)C(N1CCCCC1)c1cc(-c3ccccc3)cnc1C=C2. The third kappa shape index (κ3) is 4.21. The van der Waals surface area contributed by atoms with Gasteiger partial charge in [-0.2, -0.15) is 0 Å². The van der Waals surface area contributed by atoms with Crippen LogP contribution >= 0.6 is 0 Å². The smallest absolute Gasteiger partial charge is 0.113 e. The Morgan fingerprint density at radius 2 is 1.74 bits per heavy atom. The number of benzene rings is 2. The molecular weight excluding hydrogens is 402 g/mol. The molecule has 2 atom stereocenters. The van der Waals surface area contributed by atoms with E-state index >= 15 is 0 Å². The van der Waals surface area contributed by atoms with E-state index < -0.39 is 11.0 Å². The second-order valence-corrected chi connectivity index (χ2v) is 9.41. The van der Waals surface area contributed by atoms with E-state index in [0.29, 0.717) is 0 Å². The normalized spacial score (nSPS) is 19.2. The summed E-state index contributed by atoms with van der Waals surface area (Å²) in [7, 11) is -1.11. The van der Waals surface area contributed by atoms with Gasteiger partial charge in [0.2, 0.25) is 0 Å². The molecule has 31 heavy (non-hydrogen) atoms. The molecule has 1 aromatic heterocycles. The minimum absolute atomic E-state index is 0.128. The molecule has 0 saturated carbocycles. The van der Waals surface area contributed by atoms with Crippen molar-refractivity contribution in [3.8, 4) is 11.1 Å². The summed E-state index contributed by atoms with van der Waals surface area (Å²) >= 11 is 0. The lowest BCUT2D eigenvalue weighted by atomic mass is 9.91. The molecule has 1 saturated heterocycles. The van der Waals surface area contributed by atoms with E-state index in [9.17, 15) is 4.21 Å². The predicted molar refractivity (Wildman–Crippen MR) is 130 cm³/mol. The lowest BCUT2D eigenvalue weighted by Crippen LogP contribution is -2.35. The number of anilines is 1. The molecule has 5 heteroatoms. The largest absolute Gasteiger partial charge is 0.305 e. The van der Waals surface area contributed by atoms with Gasteiger partial charge in [0, 0.05) is 29.3 Å². The van der Waals surface area contributed by atoms with Crippen LogP contribution in [0.2, 0.25) is 0 Å². The molecule has 0 spiro atoms. The molecular formula is C26H27N3OS. The van der Waals surface area contributed by atoms with Gasteiger partial charge in [-0.05, 0) is 66.9 Å². The van der Waals surface area contributed by atoms with E-state index in [4.69, 9.17) is 4.98 Å². The van der Waals surface area contributed by atoms with Crippen molar-refractivity contribution in [2.24, 2.45) is 0 Å². The second kappa shape index (κ2) is 8.77. The van der Waals surface area contributed by atoms with Gasteiger partial charge in [0.05, 0.1) is 11.7 Å². The first-order valence-corrected chi connectivity index (χ1v) is 12.5. The van der Waals surface area contributed by atoms with Crippen LogP contribution in [0.25, 0.3) is 23.3 Å². The molecule has 2 unspecified atom stereocenters. The van der Waals surface area contributed by atoms with Gasteiger partial charge < -0.3 is 4.72 Å². The predicted octanol–water partition coefficient (Wildman–Crippen LogP) is 5.51. The molecule has 3 aromatic rings. The van der Waals surface area contributed by atoms with Crippen molar-refractivity contribution in [1.29, 1.82) is 0 Å². The summed E-state index contributed by atoms with van der Waals surface area (Å²) < 4.78 is 14.9. The first-order chi connectivity index (χ1) is 15.2. The summed E-state index contributed by atoms with van der Waals surface area (Å²) in [6.07, 6.45) is 11.7. The molecule has 1 aliphatic heterocycles. The highest BCUT2D eigenvalue weighted by Gasteiger charge is 2.29. The van der Waals surface area contributed by atoms with Crippen LogP contribution in [-0.2, 0) is 11.0 Å². The van der Waals surface area contributed by atoms with Crippen LogP contribution in [0.4, 0.5) is 5.69 Å². The number of nitrogens with one attached hydrogen (secondary N) is 1. The molecule has 1 fully saturated rings. The lowest BCUT2D eigenvalue weighted by molar-refractivity contribution is 0.187. The third-order valence-electron chi connectivity index (χ3n) is 6.17. The van der Waals surface area contributed by atoms with Gasteiger partial charge in [0.25, 0.3) is 0 Å². The Hall–Kier alpha value is -2.76. The zero-order valence-corrected chi connectivity index (χ0v) is 18.6. The Balaban J connectivity index is 1.67. The molecule has 0 bridgehead atoms. The maximum absolute atomic E-state index is 11.8. The molecule has 5 rings (SSSR count). The van der Waals surface area contributed by atoms with Gasteiger partial charge in [-0.15, -0.1) is 0 Å². The van der Waals surface area contributed by atoms with Crippen LogP contribution in [0.3, 0.4) is 0 Å². The van der Waals surface area contributed by atoms with Crippen molar-refractivity contribution >= 4 is 28.8 Å². The van der Waals surface area contributed by atoms with Gasteiger partial charge >= 0.3 is 0 Å². The van der Waals surface area contributed by atoms with Crippen LogP contribution in [0.1, 0.15) is 47.7 Å². The molecule has 0 amide bonds. The summed E-state index contributed by atoms with van der Waals surface area (Å²) in [4.78, 5) is 7.47. The van der Waals surface area contributed by atoms with E-state index in [0.717, 1.165) is 30.0 Å². The highest BCUT2D eigenvalue weighted by molar-refractivity contribution is 7.85. The number of aromatic nitrogens is 1. The fraction of sp³-hybridized carbons (Fsp3) is 0.269. The minimum atomic E-state index is -1.11. The topological polar surface area (TPSA) is 45.2 Å². The Bertz CT molecular complexity index is 1140. The molecule has 0 radical (unpaired) electrons. The van der Waals surface area contributed by atoms with Crippen LogP contribution in [0, 0.1) is 0 Å². The van der Waals surface area contributed by atoms with Crippen molar-refractivity contribution in [1.82, 2.24) is 9.88 Å². The molecule has 2 aromatic carbocycles. The highest BCUT2D eigenvalue weighted by Crippen LogP contribution is 2.40. The average molecular weight is 430 g/mol. The van der Waals surface area contributed by atoms with E-state index in [1.807, 2.05) is 18.3 Å². The fourth-order valence-electron chi connectivity index (χ4n) is 4.74. The van der Waals surface area contributed by atoms with Crippen molar-refractivity contribution in [3.05, 3.63) is 83.2 Å². The number of rotatable bonds is 4. The summed E-state index contributed by atoms with van der Waals surface area (Å²) in [6, 6.07) is 19.2. The zero-order valence-electron chi connectivity index (χ0n) is 17.8. The first-order valence-electron chi connectivity index (χ1n) is 10.9. The summed E-state index contributed by atoms with van der Waals surface area (Å²) in [5, 5.41) is 0. The molecule has 2 heterocycles. The summed E-state index contributed by atoms with van der Waals surface area (Å²) in [6.45, 7) is 2.16. The number of hydrogen-bond acceptors (Lipinski definition) is 3. The number of hydrogen-bond donors (Lipinski definition) is 1. The number of pyridine rings is 1. The number of nitrogens with zero attached hydrogens (tertiary/aromatic N) is 2. The number of piperidine rings is 1. The standard InChI is InChI=1S/C26H27N3OS/c1-31(30)28-22-12-10-20-11-13-25-24(16-21(18-27-25)19-8-4-2-5-9-19)26(23(20)17-22)29-14-6-3-7-15-29/h2,4-5,8-13,16-18,26,28H,3,6-7,14-15H2,1H3. The van der Waals surface area contributed by atoms with Crippen molar-refractivity contribution in [2.75, 3.05) is 24.1 Å². The third-order valence-corrected chi connectivity index (χ3v) is 6.69. The maximum Gasteiger partial charge on any atom is 0.113 e. The number of fused-ring (bicyclic) bond motifs is 2. The van der Waals surface area contributed by atoms with Gasteiger partial charge in [0.1, 0.15) is 11.0 Å². The molecule has 1 aliphatic carbocycles. The monoisotopic (exact) mass is 429 g/mol. The Morgan fingerprint density at radius 3 is 2.52 bits per heavy atom. The second-order valence-electron chi connectivity index (χ2n) is 8.30. The zero-order chi connectivity index (χ0) is 21.2. The number of likely N-dealkylation sites (tertiary alicyclic amines) is 1. The minimum Gasteiger partial charge on any atom is -0.305 e. The van der Waals surface area contributed by atoms with Crippen molar-refractivity contribution in [3.63, 3.8) is 0 Å². The molecule has 1 N–H and O–H groups in total. The van der Waals surface area contributed by atoms with E-state index in [-0.39, 0.29) is 6.04 Å². The van der Waals surface area contributed by atoms with Crippen molar-refractivity contribution < 1.29 is 4.21 Å². The molecule has 158 valence electrons. The van der Waals surface area contributed by atoms with Crippen LogP contribution in [0.5, 0.6) is 0 Å². The summed E-state index contributed by atoms with van der Waals surface area (Å²) in [5.41, 5.74) is 7.93. The van der Waals surface area contributed by atoms with E-state index in [2.05, 4.69) is 64.2 Å². The van der Waals surface area contributed by atoms with Gasteiger partial charge in [0.15, 0.2) is 0 Å². The van der Waals surface area contributed by atoms with Crippen LogP contribution in [0.15, 0.2) is 60.8 Å². The Morgan fingerprint density at radius 1 is 0.935 bits per heavy atom. The van der Waals surface area contributed by atoms with Crippen LogP contribution in [-0.4, -0.2) is 33.4 Å². The molecule has 4 nitrogen and oxygen atoms in total. The average Bonchev–Trinajstić information content (AvgIpc) is 2.96. The lowest BCUT2D eigenvalue weighted by Gasteiger charge is -2.36. The van der Waals surface area contributed by atoms with E-state index in [1.165, 1.54) is 41.5 Å². The molecule has 2 aliphatic rings. The first kappa shape index (κ1) is 20.2. The van der Waals surface area contributed by atoms with E-state index in [1.54, 1.807) is 6.26 Å². The van der Waals surface area contributed by atoms with Crippen molar-refractivity contribution in [2.45, 2.75) is 25.3 Å². The maximum atomic E-state index is 11.8. The van der Waals surface area contributed by atoms with Gasteiger partial charge in [-0.3, -0.25) is 9.88 Å². The van der Waals surface area contributed by atoms with Crippen LogP contribution < -0.4 is 4.72 Å². The van der Waals surface area contributed by atoms with Gasteiger partial charge in [-0.25, -0.2) is 4.21 Å². The Kier molecular flexibility index (Phi) is 5.70. The quantitative estimate of drug-likeness (QED) is 0.594. The summed E-state index contributed by atoms with van der Waals surface area (Å²) in [5.74, 6) is 0. The fourth-order valence-corrected chi connectivity index (χ4v) is 5.20.